The van der Waals surface area contributed by atoms with E-state index in [0.29, 0.717) is 5.38 Å². The number of hydrogen-bond acceptors (Lipinski definition) is 2. The van der Waals surface area contributed by atoms with Crippen molar-refractivity contribution in [2.24, 2.45) is 5.92 Å². The van der Waals surface area contributed by atoms with Crippen LogP contribution in [0.4, 0.5) is 0 Å². The van der Waals surface area contributed by atoms with Crippen molar-refractivity contribution < 1.29 is 0 Å². The van der Waals surface area contributed by atoms with Gasteiger partial charge in [-0.3, -0.25) is 4.98 Å². The third-order valence-electron chi connectivity index (χ3n) is 2.97. The Kier molecular flexibility index (Phi) is 4.22. The number of nitrogens with zero attached hydrogens (tertiary/aromatic N) is 2. The molecule has 1 aliphatic rings. The highest BCUT2D eigenvalue weighted by molar-refractivity contribution is 9.10. The highest BCUT2D eigenvalue weighted by Gasteiger charge is 2.27. The van der Waals surface area contributed by atoms with Crippen molar-refractivity contribution in [2.45, 2.75) is 24.8 Å². The molecule has 1 aliphatic carbocycles. The van der Waals surface area contributed by atoms with E-state index in [1.807, 2.05) is 12.3 Å². The predicted octanol–water partition coefficient (Wildman–Crippen LogP) is 3.29. The first-order valence-electron chi connectivity index (χ1n) is 5.56. The molecule has 1 saturated carbocycles. The second-order valence-corrected chi connectivity index (χ2v) is 6.13. The molecule has 0 atom stereocenters. The Labute approximate surface area is 110 Å². The van der Waals surface area contributed by atoms with E-state index in [9.17, 15) is 0 Å². The number of halogens is 2. The molecular formula is C12H16BrClN2. The zero-order chi connectivity index (χ0) is 11.5. The van der Waals surface area contributed by atoms with Crippen molar-refractivity contribution in [1.82, 2.24) is 9.88 Å². The van der Waals surface area contributed by atoms with Crippen LogP contribution in [0, 0.1) is 5.92 Å². The molecule has 1 fully saturated rings. The van der Waals surface area contributed by atoms with Gasteiger partial charge in [0.15, 0.2) is 0 Å². The SMILES string of the molecule is CN(Cc1ccc(Br)cn1)CC1CC(Cl)C1. The summed E-state index contributed by atoms with van der Waals surface area (Å²) < 4.78 is 1.03. The van der Waals surface area contributed by atoms with Crippen LogP contribution in [0.1, 0.15) is 18.5 Å². The Bertz CT molecular complexity index is 335. The molecule has 88 valence electrons. The highest BCUT2D eigenvalue weighted by Crippen LogP contribution is 2.32. The topological polar surface area (TPSA) is 16.1 Å². The van der Waals surface area contributed by atoms with Gasteiger partial charge in [-0.15, -0.1) is 11.6 Å². The Hall–Kier alpha value is -0.120. The van der Waals surface area contributed by atoms with Crippen molar-refractivity contribution in [3.05, 3.63) is 28.5 Å². The van der Waals surface area contributed by atoms with E-state index in [4.69, 9.17) is 11.6 Å². The summed E-state index contributed by atoms with van der Waals surface area (Å²) in [5.41, 5.74) is 1.12. The summed E-state index contributed by atoms with van der Waals surface area (Å²) in [6.07, 6.45) is 4.18. The van der Waals surface area contributed by atoms with Crippen molar-refractivity contribution in [1.29, 1.82) is 0 Å². The Balaban J connectivity index is 1.78. The van der Waals surface area contributed by atoms with Gasteiger partial charge in [0.25, 0.3) is 0 Å². The van der Waals surface area contributed by atoms with E-state index in [-0.39, 0.29) is 0 Å². The van der Waals surface area contributed by atoms with Crippen molar-refractivity contribution in [2.75, 3.05) is 13.6 Å². The number of rotatable bonds is 4. The standard InChI is InChI=1S/C12H16BrClN2/c1-16(7-9-4-11(14)5-9)8-12-3-2-10(13)6-15-12/h2-3,6,9,11H,4-5,7-8H2,1H3. The lowest BCUT2D eigenvalue weighted by atomic mass is 9.84. The molecule has 0 bridgehead atoms. The van der Waals surface area contributed by atoms with Crippen LogP contribution in [0.3, 0.4) is 0 Å². The third-order valence-corrected chi connectivity index (χ3v) is 3.79. The Morgan fingerprint density at radius 1 is 1.50 bits per heavy atom. The Morgan fingerprint density at radius 3 is 2.81 bits per heavy atom. The molecule has 4 heteroatoms. The molecule has 0 amide bonds. The van der Waals surface area contributed by atoms with Gasteiger partial charge in [0.2, 0.25) is 0 Å². The molecular weight excluding hydrogens is 288 g/mol. The van der Waals surface area contributed by atoms with Gasteiger partial charge in [-0.1, -0.05) is 0 Å². The molecule has 0 radical (unpaired) electrons. The highest BCUT2D eigenvalue weighted by atomic mass is 79.9. The van der Waals surface area contributed by atoms with Crippen LogP contribution in [0.2, 0.25) is 0 Å². The zero-order valence-corrected chi connectivity index (χ0v) is 11.7. The van der Waals surface area contributed by atoms with Crippen molar-refractivity contribution >= 4 is 27.5 Å². The van der Waals surface area contributed by atoms with Gasteiger partial charge in [-0.2, -0.15) is 0 Å². The Morgan fingerprint density at radius 2 is 2.25 bits per heavy atom. The summed E-state index contributed by atoms with van der Waals surface area (Å²) in [6, 6.07) is 4.10. The van der Waals surface area contributed by atoms with Crippen LogP contribution >= 0.6 is 27.5 Å². The number of aromatic nitrogens is 1. The van der Waals surface area contributed by atoms with Crippen LogP contribution < -0.4 is 0 Å². The maximum Gasteiger partial charge on any atom is 0.0544 e. The molecule has 0 aliphatic heterocycles. The fourth-order valence-corrected chi connectivity index (χ4v) is 2.82. The molecule has 0 unspecified atom stereocenters. The van der Waals surface area contributed by atoms with E-state index in [2.05, 4.69) is 38.9 Å². The molecule has 0 aromatic carbocycles. The van der Waals surface area contributed by atoms with Gasteiger partial charge >= 0.3 is 0 Å². The maximum absolute atomic E-state index is 5.97. The van der Waals surface area contributed by atoms with Crippen LogP contribution in [-0.2, 0) is 6.54 Å². The van der Waals surface area contributed by atoms with Crippen LogP contribution in [0.5, 0.6) is 0 Å². The predicted molar refractivity (Wildman–Crippen MR) is 70.6 cm³/mol. The van der Waals surface area contributed by atoms with Gasteiger partial charge in [0, 0.05) is 29.1 Å². The lowest BCUT2D eigenvalue weighted by Gasteiger charge is -2.34. The monoisotopic (exact) mass is 302 g/mol. The zero-order valence-electron chi connectivity index (χ0n) is 9.37. The normalized spacial score (nSPS) is 24.5. The largest absolute Gasteiger partial charge is 0.300 e. The second kappa shape index (κ2) is 5.48. The summed E-state index contributed by atoms with van der Waals surface area (Å²) in [6.45, 7) is 2.04. The first kappa shape index (κ1) is 12.3. The number of hydrogen-bond donors (Lipinski definition) is 0. The first-order valence-corrected chi connectivity index (χ1v) is 6.79. The lowest BCUT2D eigenvalue weighted by molar-refractivity contribution is 0.202. The smallest absolute Gasteiger partial charge is 0.0544 e. The number of pyridine rings is 1. The van der Waals surface area contributed by atoms with Crippen molar-refractivity contribution in [3.8, 4) is 0 Å². The van der Waals surface area contributed by atoms with Crippen molar-refractivity contribution in [3.63, 3.8) is 0 Å². The minimum absolute atomic E-state index is 0.421. The summed E-state index contributed by atoms with van der Waals surface area (Å²) in [5, 5.41) is 0.421. The quantitative estimate of drug-likeness (QED) is 0.794. The average molecular weight is 304 g/mol. The van der Waals surface area contributed by atoms with Gasteiger partial charge in [-0.25, -0.2) is 0 Å². The molecule has 16 heavy (non-hydrogen) atoms. The fraction of sp³-hybridized carbons (Fsp3) is 0.583. The van der Waals surface area contributed by atoms with E-state index in [1.165, 1.54) is 12.8 Å². The fourth-order valence-electron chi connectivity index (χ4n) is 2.09. The van der Waals surface area contributed by atoms with Gasteiger partial charge in [0.1, 0.15) is 0 Å². The van der Waals surface area contributed by atoms with Gasteiger partial charge in [0.05, 0.1) is 5.69 Å². The van der Waals surface area contributed by atoms with E-state index in [0.717, 1.165) is 29.2 Å². The van der Waals surface area contributed by atoms with E-state index < -0.39 is 0 Å². The van der Waals surface area contributed by atoms with Crippen LogP contribution in [0.25, 0.3) is 0 Å². The minimum Gasteiger partial charge on any atom is -0.300 e. The molecule has 2 nitrogen and oxygen atoms in total. The van der Waals surface area contributed by atoms with Gasteiger partial charge in [-0.05, 0) is 53.9 Å². The summed E-state index contributed by atoms with van der Waals surface area (Å²) in [7, 11) is 2.14. The minimum atomic E-state index is 0.421. The second-order valence-electron chi connectivity index (χ2n) is 4.60. The van der Waals surface area contributed by atoms with Crippen LogP contribution in [-0.4, -0.2) is 28.9 Å². The third kappa shape index (κ3) is 3.44. The van der Waals surface area contributed by atoms with E-state index in [1.54, 1.807) is 0 Å². The molecule has 0 spiro atoms. The molecule has 0 saturated heterocycles. The molecule has 0 N–H and O–H groups in total. The molecule has 1 heterocycles. The molecule has 1 aromatic heterocycles. The molecule has 1 aromatic rings. The summed E-state index contributed by atoms with van der Waals surface area (Å²) >= 11 is 9.36. The maximum atomic E-state index is 5.97. The van der Waals surface area contributed by atoms with Crippen LogP contribution in [0.15, 0.2) is 22.8 Å². The average Bonchev–Trinajstić information content (AvgIpc) is 2.19. The summed E-state index contributed by atoms with van der Waals surface area (Å²) in [4.78, 5) is 6.69. The first-order chi connectivity index (χ1) is 7.63. The number of alkyl halides is 1. The molecule has 2 rings (SSSR count). The van der Waals surface area contributed by atoms with E-state index >= 15 is 0 Å². The summed E-state index contributed by atoms with van der Waals surface area (Å²) in [5.74, 6) is 0.781. The lowest BCUT2D eigenvalue weighted by Crippen LogP contribution is -2.34. The van der Waals surface area contributed by atoms with Gasteiger partial charge < -0.3 is 4.90 Å².